The molecule has 0 bridgehead atoms. The predicted molar refractivity (Wildman–Crippen MR) is 86.5 cm³/mol. The lowest BCUT2D eigenvalue weighted by molar-refractivity contribution is -0.137. The summed E-state index contributed by atoms with van der Waals surface area (Å²) < 4.78 is 37.8. The van der Waals surface area contributed by atoms with Crippen molar-refractivity contribution in [2.75, 3.05) is 0 Å². The molecule has 2 atom stereocenters. The molecule has 2 saturated carbocycles. The Morgan fingerprint density at radius 2 is 1.75 bits per heavy atom. The van der Waals surface area contributed by atoms with Gasteiger partial charge in [0.05, 0.1) is 5.56 Å². The minimum Gasteiger partial charge on any atom is -0.353 e. The summed E-state index contributed by atoms with van der Waals surface area (Å²) in [5.41, 5.74) is 0.193. The summed E-state index contributed by atoms with van der Waals surface area (Å²) in [5, 5.41) is 3.14. The molecule has 0 radical (unpaired) electrons. The molecule has 2 nitrogen and oxygen atoms in total. The Morgan fingerprint density at radius 3 is 2.29 bits per heavy atom. The van der Waals surface area contributed by atoms with Crippen LogP contribution in [0, 0.1) is 11.8 Å². The second-order valence-corrected chi connectivity index (χ2v) is 7.20. The molecule has 0 saturated heterocycles. The average Bonchev–Trinajstić information content (AvgIpc) is 3.36. The molecule has 0 spiro atoms. The van der Waals surface area contributed by atoms with Gasteiger partial charge in [-0.2, -0.15) is 13.2 Å². The van der Waals surface area contributed by atoms with Gasteiger partial charge < -0.3 is 5.32 Å². The van der Waals surface area contributed by atoms with Gasteiger partial charge in [0.1, 0.15) is 0 Å². The highest BCUT2D eigenvalue weighted by atomic mass is 19.4. The first-order chi connectivity index (χ1) is 11.4. The molecule has 1 amide bonds. The Morgan fingerprint density at radius 1 is 1.12 bits per heavy atom. The zero-order chi connectivity index (χ0) is 17.3. The Balaban J connectivity index is 1.51. The fourth-order valence-electron chi connectivity index (χ4n) is 3.80. The van der Waals surface area contributed by atoms with Crippen molar-refractivity contribution >= 4 is 5.91 Å². The van der Waals surface area contributed by atoms with Gasteiger partial charge in [0.25, 0.3) is 0 Å². The normalized spacial score (nSPS) is 30.0. The molecule has 2 fully saturated rings. The first-order valence-corrected chi connectivity index (χ1v) is 8.86. The van der Waals surface area contributed by atoms with Gasteiger partial charge in [0, 0.05) is 12.0 Å². The van der Waals surface area contributed by atoms with E-state index in [1.807, 2.05) is 0 Å². The van der Waals surface area contributed by atoms with Crippen LogP contribution in [0.4, 0.5) is 13.2 Å². The van der Waals surface area contributed by atoms with E-state index < -0.39 is 11.7 Å². The van der Waals surface area contributed by atoms with E-state index in [-0.39, 0.29) is 23.8 Å². The van der Waals surface area contributed by atoms with E-state index in [1.165, 1.54) is 31.4 Å². The van der Waals surface area contributed by atoms with Gasteiger partial charge in [-0.05, 0) is 61.6 Å². The lowest BCUT2D eigenvalue weighted by atomic mass is 9.84. The highest BCUT2D eigenvalue weighted by molar-refractivity contribution is 5.83. The number of carbonyl (C=O) groups is 1. The smallest absolute Gasteiger partial charge is 0.353 e. The molecule has 132 valence electrons. The number of halogens is 3. The van der Waals surface area contributed by atoms with E-state index >= 15 is 0 Å². The molecule has 5 heteroatoms. The van der Waals surface area contributed by atoms with Crippen LogP contribution in [0.25, 0.3) is 0 Å². The SMILES string of the molecule is CCC1CCC(NC(=O)C2CC2c2ccc(C(F)(F)F)cc2)CC1. The maximum Gasteiger partial charge on any atom is 0.416 e. The summed E-state index contributed by atoms with van der Waals surface area (Å²) in [6.07, 6.45) is 2.07. The van der Waals surface area contributed by atoms with Crippen LogP contribution in [0.2, 0.25) is 0 Å². The van der Waals surface area contributed by atoms with E-state index in [0.717, 1.165) is 42.9 Å². The summed E-state index contributed by atoms with van der Waals surface area (Å²) in [7, 11) is 0. The highest BCUT2D eigenvalue weighted by Crippen LogP contribution is 2.48. The minimum atomic E-state index is -4.31. The predicted octanol–water partition coefficient (Wildman–Crippen LogP) is 4.89. The monoisotopic (exact) mass is 339 g/mol. The van der Waals surface area contributed by atoms with Gasteiger partial charge in [-0.3, -0.25) is 4.79 Å². The molecule has 0 heterocycles. The second kappa shape index (κ2) is 6.77. The summed E-state index contributed by atoms with van der Waals surface area (Å²) in [6.45, 7) is 2.21. The number of rotatable bonds is 4. The first-order valence-electron chi connectivity index (χ1n) is 8.86. The van der Waals surface area contributed by atoms with Crippen molar-refractivity contribution in [1.29, 1.82) is 0 Å². The molecular weight excluding hydrogens is 315 g/mol. The lowest BCUT2D eigenvalue weighted by Crippen LogP contribution is -2.38. The summed E-state index contributed by atoms with van der Waals surface area (Å²) in [5.74, 6) is 0.851. The standard InChI is InChI=1S/C19H24F3NO/c1-2-12-3-9-15(10-4-12)23-18(24)17-11-16(17)13-5-7-14(8-6-13)19(20,21)22/h5-8,12,15-17H,2-4,9-11H2,1H3,(H,23,24). The van der Waals surface area contributed by atoms with E-state index in [4.69, 9.17) is 0 Å². The molecule has 0 aromatic heterocycles. The van der Waals surface area contributed by atoms with Crippen molar-refractivity contribution in [3.05, 3.63) is 35.4 Å². The minimum absolute atomic E-state index is 0.0688. The number of hydrogen-bond acceptors (Lipinski definition) is 1. The summed E-state index contributed by atoms with van der Waals surface area (Å²) in [4.78, 5) is 12.3. The molecular formula is C19H24F3NO. The fourth-order valence-corrected chi connectivity index (χ4v) is 3.80. The Bertz CT molecular complexity index is 573. The number of amides is 1. The summed E-state index contributed by atoms with van der Waals surface area (Å²) >= 11 is 0. The van der Waals surface area contributed by atoms with Crippen molar-refractivity contribution in [2.24, 2.45) is 11.8 Å². The van der Waals surface area contributed by atoms with Crippen LogP contribution < -0.4 is 5.32 Å². The molecule has 2 aliphatic carbocycles. The molecule has 0 aliphatic heterocycles. The Labute approximate surface area is 140 Å². The highest BCUT2D eigenvalue weighted by Gasteiger charge is 2.44. The zero-order valence-corrected chi connectivity index (χ0v) is 13.9. The third kappa shape index (κ3) is 3.93. The van der Waals surface area contributed by atoms with Gasteiger partial charge in [0.15, 0.2) is 0 Å². The Hall–Kier alpha value is -1.52. The lowest BCUT2D eigenvalue weighted by Gasteiger charge is -2.28. The van der Waals surface area contributed by atoms with E-state index in [1.54, 1.807) is 0 Å². The van der Waals surface area contributed by atoms with Crippen LogP contribution >= 0.6 is 0 Å². The first kappa shape index (κ1) is 17.3. The van der Waals surface area contributed by atoms with Crippen LogP contribution in [-0.2, 0) is 11.0 Å². The molecule has 1 N–H and O–H groups in total. The van der Waals surface area contributed by atoms with Crippen LogP contribution in [0.1, 0.15) is 62.5 Å². The van der Waals surface area contributed by atoms with Gasteiger partial charge in [-0.15, -0.1) is 0 Å². The molecule has 24 heavy (non-hydrogen) atoms. The van der Waals surface area contributed by atoms with Gasteiger partial charge in [0.2, 0.25) is 5.91 Å². The van der Waals surface area contributed by atoms with Crippen LogP contribution in [0.5, 0.6) is 0 Å². The molecule has 2 aliphatic rings. The maximum absolute atomic E-state index is 12.6. The second-order valence-electron chi connectivity index (χ2n) is 7.20. The fraction of sp³-hybridized carbons (Fsp3) is 0.632. The largest absolute Gasteiger partial charge is 0.416 e. The number of hydrogen-bond donors (Lipinski definition) is 1. The van der Waals surface area contributed by atoms with E-state index in [2.05, 4.69) is 12.2 Å². The third-order valence-corrected chi connectivity index (χ3v) is 5.56. The molecule has 1 aromatic carbocycles. The van der Waals surface area contributed by atoms with Crippen molar-refractivity contribution in [3.8, 4) is 0 Å². The number of nitrogens with one attached hydrogen (secondary N) is 1. The topological polar surface area (TPSA) is 29.1 Å². The van der Waals surface area contributed by atoms with Crippen LogP contribution in [0.15, 0.2) is 24.3 Å². The third-order valence-electron chi connectivity index (χ3n) is 5.56. The van der Waals surface area contributed by atoms with Crippen molar-refractivity contribution in [3.63, 3.8) is 0 Å². The van der Waals surface area contributed by atoms with Crippen molar-refractivity contribution < 1.29 is 18.0 Å². The number of carbonyl (C=O) groups excluding carboxylic acids is 1. The van der Waals surface area contributed by atoms with Crippen molar-refractivity contribution in [2.45, 2.75) is 63.6 Å². The average molecular weight is 339 g/mol. The van der Waals surface area contributed by atoms with Gasteiger partial charge in [-0.25, -0.2) is 0 Å². The quantitative estimate of drug-likeness (QED) is 0.831. The van der Waals surface area contributed by atoms with E-state index in [0.29, 0.717) is 0 Å². The van der Waals surface area contributed by atoms with Gasteiger partial charge in [-0.1, -0.05) is 25.5 Å². The van der Waals surface area contributed by atoms with Crippen molar-refractivity contribution in [1.82, 2.24) is 5.32 Å². The molecule has 2 unspecified atom stereocenters. The number of alkyl halides is 3. The number of benzene rings is 1. The summed E-state index contributed by atoms with van der Waals surface area (Å²) in [6, 6.07) is 5.50. The van der Waals surface area contributed by atoms with Crippen LogP contribution in [0.3, 0.4) is 0 Å². The molecule has 3 rings (SSSR count). The van der Waals surface area contributed by atoms with Crippen LogP contribution in [-0.4, -0.2) is 11.9 Å². The Kier molecular flexibility index (Phi) is 4.88. The van der Waals surface area contributed by atoms with E-state index in [9.17, 15) is 18.0 Å². The zero-order valence-electron chi connectivity index (χ0n) is 13.9. The van der Waals surface area contributed by atoms with Gasteiger partial charge >= 0.3 is 6.18 Å². The maximum atomic E-state index is 12.6. The molecule has 1 aromatic rings.